The fourth-order valence-corrected chi connectivity index (χ4v) is 2.68. The number of nitrogens with zero attached hydrogens (tertiary/aromatic N) is 1. The fourth-order valence-electron chi connectivity index (χ4n) is 2.68. The summed E-state index contributed by atoms with van der Waals surface area (Å²) < 4.78 is 5.15. The summed E-state index contributed by atoms with van der Waals surface area (Å²) in [6.45, 7) is 0.683. The summed E-state index contributed by atoms with van der Waals surface area (Å²) in [5, 5.41) is 0. The van der Waals surface area contributed by atoms with Crippen LogP contribution in [-0.4, -0.2) is 19.6 Å². The van der Waals surface area contributed by atoms with Crippen molar-refractivity contribution < 1.29 is 9.53 Å². The molecule has 0 fully saturated rings. The van der Waals surface area contributed by atoms with Gasteiger partial charge in [-0.1, -0.05) is 12.1 Å². The maximum Gasteiger partial charge on any atom is 0.231 e. The maximum atomic E-state index is 12.1. The molecule has 1 aliphatic rings. The lowest BCUT2D eigenvalue weighted by molar-refractivity contribution is -0.117. The number of nitrogens with two attached hydrogens (primary N) is 1. The smallest absolute Gasteiger partial charge is 0.231 e. The molecular formula is C17H18N2O2. The molecule has 2 N–H and O–H groups in total. The second kappa shape index (κ2) is 5.48. The molecule has 0 saturated carbocycles. The van der Waals surface area contributed by atoms with Crippen LogP contribution in [-0.2, 0) is 17.6 Å². The molecule has 0 bridgehead atoms. The summed E-state index contributed by atoms with van der Waals surface area (Å²) in [6.07, 6.45) is 1.27. The Morgan fingerprint density at radius 1 is 1.19 bits per heavy atom. The summed E-state index contributed by atoms with van der Waals surface area (Å²) >= 11 is 0. The van der Waals surface area contributed by atoms with Gasteiger partial charge in [-0.3, -0.25) is 4.79 Å². The van der Waals surface area contributed by atoms with Gasteiger partial charge >= 0.3 is 0 Å². The van der Waals surface area contributed by atoms with Crippen LogP contribution in [0.15, 0.2) is 42.5 Å². The molecule has 0 radical (unpaired) electrons. The molecule has 4 heteroatoms. The molecule has 1 heterocycles. The molecule has 2 aromatic carbocycles. The van der Waals surface area contributed by atoms with Crippen molar-refractivity contribution in [3.8, 4) is 5.75 Å². The first kappa shape index (κ1) is 13.5. The van der Waals surface area contributed by atoms with Crippen molar-refractivity contribution >= 4 is 17.3 Å². The quantitative estimate of drug-likeness (QED) is 0.876. The highest BCUT2D eigenvalue weighted by molar-refractivity contribution is 6.01. The number of hydrogen-bond acceptors (Lipinski definition) is 3. The third kappa shape index (κ3) is 2.70. The number of nitrogen functional groups attached to an aromatic ring is 1. The number of benzene rings is 2. The van der Waals surface area contributed by atoms with Gasteiger partial charge in [0, 0.05) is 17.9 Å². The van der Waals surface area contributed by atoms with Crippen molar-refractivity contribution in [2.45, 2.75) is 12.8 Å². The summed E-state index contributed by atoms with van der Waals surface area (Å²) in [4.78, 5) is 14.0. The minimum atomic E-state index is 0.143. The first-order valence-corrected chi connectivity index (χ1v) is 6.99. The Bertz CT molecular complexity index is 665. The average molecular weight is 282 g/mol. The zero-order valence-corrected chi connectivity index (χ0v) is 12.0. The van der Waals surface area contributed by atoms with Crippen LogP contribution in [0.5, 0.6) is 5.75 Å². The number of hydrogen-bond donors (Lipinski definition) is 1. The van der Waals surface area contributed by atoms with Gasteiger partial charge in [0.1, 0.15) is 5.75 Å². The Morgan fingerprint density at radius 3 is 2.67 bits per heavy atom. The molecule has 1 aliphatic heterocycles. The van der Waals surface area contributed by atoms with Gasteiger partial charge in [-0.05, 0) is 47.9 Å². The van der Waals surface area contributed by atoms with Gasteiger partial charge in [0.05, 0.1) is 13.5 Å². The molecule has 0 unspecified atom stereocenters. The highest BCUT2D eigenvalue weighted by Gasteiger charge is 2.26. The van der Waals surface area contributed by atoms with E-state index in [-0.39, 0.29) is 5.91 Å². The van der Waals surface area contributed by atoms with Crippen LogP contribution < -0.4 is 15.4 Å². The minimum Gasteiger partial charge on any atom is -0.497 e. The third-order valence-corrected chi connectivity index (χ3v) is 3.82. The van der Waals surface area contributed by atoms with Crippen LogP contribution in [0.2, 0.25) is 0 Å². The van der Waals surface area contributed by atoms with E-state index in [9.17, 15) is 4.79 Å². The van der Waals surface area contributed by atoms with Gasteiger partial charge in [-0.25, -0.2) is 0 Å². The van der Waals surface area contributed by atoms with Gasteiger partial charge < -0.3 is 15.4 Å². The fraction of sp³-hybridized carbons (Fsp3) is 0.235. The first-order chi connectivity index (χ1) is 10.2. The van der Waals surface area contributed by atoms with E-state index in [1.165, 1.54) is 5.56 Å². The number of methoxy groups -OCH3 is 1. The van der Waals surface area contributed by atoms with Crippen molar-refractivity contribution in [2.75, 3.05) is 24.3 Å². The minimum absolute atomic E-state index is 0.143. The number of carbonyl (C=O) groups is 1. The maximum absolute atomic E-state index is 12.1. The van der Waals surface area contributed by atoms with E-state index in [4.69, 9.17) is 10.5 Å². The van der Waals surface area contributed by atoms with E-state index in [1.54, 1.807) is 7.11 Å². The zero-order chi connectivity index (χ0) is 14.8. The normalized spacial score (nSPS) is 13.4. The number of fused-ring (bicyclic) bond motifs is 1. The Hall–Kier alpha value is -2.49. The van der Waals surface area contributed by atoms with Crippen molar-refractivity contribution in [3.63, 3.8) is 0 Å². The number of rotatable bonds is 4. The lowest BCUT2D eigenvalue weighted by Crippen LogP contribution is -2.28. The van der Waals surface area contributed by atoms with E-state index in [2.05, 4.69) is 0 Å². The van der Waals surface area contributed by atoms with Crippen molar-refractivity contribution in [1.82, 2.24) is 0 Å². The van der Waals surface area contributed by atoms with Crippen LogP contribution in [0.4, 0.5) is 11.4 Å². The van der Waals surface area contributed by atoms with E-state index in [0.29, 0.717) is 18.7 Å². The molecule has 3 rings (SSSR count). The standard InChI is InChI=1S/C17H18N2O2/c1-21-15-5-2-12(3-6-15)8-9-19-16-7-4-14(18)10-13(16)11-17(19)20/h2-7,10H,8-9,11,18H2,1H3. The van der Waals surface area contributed by atoms with Crippen molar-refractivity contribution in [2.24, 2.45) is 0 Å². The lowest BCUT2D eigenvalue weighted by atomic mass is 10.1. The zero-order valence-electron chi connectivity index (χ0n) is 12.0. The van der Waals surface area contributed by atoms with E-state index < -0.39 is 0 Å². The van der Waals surface area contributed by atoms with Gasteiger partial charge in [-0.15, -0.1) is 0 Å². The van der Waals surface area contributed by atoms with Crippen LogP contribution in [0.1, 0.15) is 11.1 Å². The Balaban J connectivity index is 1.72. The second-order valence-corrected chi connectivity index (χ2v) is 5.21. The van der Waals surface area contributed by atoms with Crippen molar-refractivity contribution in [3.05, 3.63) is 53.6 Å². The van der Waals surface area contributed by atoms with Crippen LogP contribution >= 0.6 is 0 Å². The summed E-state index contributed by atoms with van der Waals surface area (Å²) in [5.41, 5.74) is 9.68. The van der Waals surface area contributed by atoms with Gasteiger partial charge in [0.15, 0.2) is 0 Å². The highest BCUT2D eigenvalue weighted by atomic mass is 16.5. The predicted molar refractivity (Wildman–Crippen MR) is 83.6 cm³/mol. The molecule has 108 valence electrons. The molecule has 0 spiro atoms. The monoisotopic (exact) mass is 282 g/mol. The molecule has 0 atom stereocenters. The molecule has 4 nitrogen and oxygen atoms in total. The van der Waals surface area contributed by atoms with Gasteiger partial charge in [0.2, 0.25) is 5.91 Å². The highest BCUT2D eigenvalue weighted by Crippen LogP contribution is 2.30. The van der Waals surface area contributed by atoms with E-state index >= 15 is 0 Å². The largest absolute Gasteiger partial charge is 0.497 e. The number of ether oxygens (including phenoxy) is 1. The van der Waals surface area contributed by atoms with Gasteiger partial charge in [0.25, 0.3) is 0 Å². The Labute approximate surface area is 124 Å². The molecule has 0 aliphatic carbocycles. The predicted octanol–water partition coefficient (Wildman–Crippen LogP) is 2.41. The molecule has 1 amide bonds. The number of amides is 1. The van der Waals surface area contributed by atoms with Crippen LogP contribution in [0, 0.1) is 0 Å². The lowest BCUT2D eigenvalue weighted by Gasteiger charge is -2.17. The molecule has 0 aromatic heterocycles. The number of anilines is 2. The molecule has 21 heavy (non-hydrogen) atoms. The van der Waals surface area contributed by atoms with E-state index in [0.717, 1.165) is 23.4 Å². The third-order valence-electron chi connectivity index (χ3n) is 3.82. The van der Waals surface area contributed by atoms with Crippen LogP contribution in [0.25, 0.3) is 0 Å². The summed E-state index contributed by atoms with van der Waals surface area (Å²) in [5.74, 6) is 0.987. The first-order valence-electron chi connectivity index (χ1n) is 6.99. The van der Waals surface area contributed by atoms with Crippen molar-refractivity contribution in [1.29, 1.82) is 0 Å². The van der Waals surface area contributed by atoms with Crippen LogP contribution in [0.3, 0.4) is 0 Å². The van der Waals surface area contributed by atoms with Gasteiger partial charge in [-0.2, -0.15) is 0 Å². The summed E-state index contributed by atoms with van der Waals surface area (Å²) in [7, 11) is 1.65. The summed E-state index contributed by atoms with van der Waals surface area (Å²) in [6, 6.07) is 13.6. The topological polar surface area (TPSA) is 55.6 Å². The number of carbonyl (C=O) groups excluding carboxylic acids is 1. The Morgan fingerprint density at radius 2 is 1.95 bits per heavy atom. The van der Waals surface area contributed by atoms with E-state index in [1.807, 2.05) is 47.4 Å². The molecular weight excluding hydrogens is 264 g/mol. The SMILES string of the molecule is COc1ccc(CCN2C(=O)Cc3cc(N)ccc32)cc1. The average Bonchev–Trinajstić information content (AvgIpc) is 2.80. The molecule has 2 aromatic rings. The Kier molecular flexibility index (Phi) is 3.52. The second-order valence-electron chi connectivity index (χ2n) is 5.21. The molecule has 0 saturated heterocycles.